The van der Waals surface area contributed by atoms with E-state index in [4.69, 9.17) is 9.97 Å². The second-order valence-corrected chi connectivity index (χ2v) is 13.0. The molecule has 0 atom stereocenters. The van der Waals surface area contributed by atoms with Gasteiger partial charge in [-0.1, -0.05) is 152 Å². The lowest BCUT2D eigenvalue weighted by Gasteiger charge is -2.13. The molecule has 0 bridgehead atoms. The Balaban J connectivity index is 1.00. The molecule has 50 heavy (non-hydrogen) atoms. The molecule has 0 radical (unpaired) electrons. The second kappa shape index (κ2) is 11.5. The highest BCUT2D eigenvalue weighted by molar-refractivity contribution is 6.16. The van der Waals surface area contributed by atoms with Crippen LogP contribution in [0.3, 0.4) is 0 Å². The summed E-state index contributed by atoms with van der Waals surface area (Å²) in [6.45, 7) is 0. The molecular formula is C48H30N2. The third-order valence-electron chi connectivity index (χ3n) is 10.0. The number of fused-ring (bicyclic) bond motifs is 6. The van der Waals surface area contributed by atoms with Crippen LogP contribution in [0.2, 0.25) is 0 Å². The molecule has 0 aliphatic carbocycles. The van der Waals surface area contributed by atoms with E-state index >= 15 is 0 Å². The summed E-state index contributed by atoms with van der Waals surface area (Å²) < 4.78 is 0. The van der Waals surface area contributed by atoms with Crippen LogP contribution in [0.4, 0.5) is 0 Å². The maximum absolute atomic E-state index is 5.25. The molecule has 2 heteroatoms. The van der Waals surface area contributed by atoms with Crippen molar-refractivity contribution in [3.8, 4) is 44.6 Å². The average molecular weight is 635 g/mol. The zero-order chi connectivity index (χ0) is 33.0. The van der Waals surface area contributed by atoms with Crippen LogP contribution in [0.1, 0.15) is 0 Å². The van der Waals surface area contributed by atoms with Crippen molar-refractivity contribution >= 4 is 54.3 Å². The van der Waals surface area contributed by atoms with E-state index < -0.39 is 0 Å². The van der Waals surface area contributed by atoms with Gasteiger partial charge in [-0.15, -0.1) is 0 Å². The molecule has 0 aliphatic rings. The Bertz CT molecular complexity index is 2910. The largest absolute Gasteiger partial charge is 0.245 e. The van der Waals surface area contributed by atoms with Gasteiger partial charge in [-0.25, -0.2) is 9.97 Å². The topological polar surface area (TPSA) is 25.8 Å². The van der Waals surface area contributed by atoms with Gasteiger partial charge in [-0.3, -0.25) is 0 Å². The van der Waals surface area contributed by atoms with Crippen LogP contribution in [-0.4, -0.2) is 9.97 Å². The molecule has 2 aromatic heterocycles. The summed E-state index contributed by atoms with van der Waals surface area (Å²) in [5, 5.41) is 8.34. The molecule has 0 N–H and O–H groups in total. The van der Waals surface area contributed by atoms with Crippen LogP contribution in [0.25, 0.3) is 98.9 Å². The Morgan fingerprint density at radius 1 is 0.280 bits per heavy atom. The number of aromatic nitrogens is 2. The Kier molecular flexibility index (Phi) is 6.53. The predicted molar refractivity (Wildman–Crippen MR) is 211 cm³/mol. The van der Waals surface area contributed by atoms with Crippen LogP contribution in [0.5, 0.6) is 0 Å². The summed E-state index contributed by atoms with van der Waals surface area (Å²) >= 11 is 0. The van der Waals surface area contributed by atoms with Crippen molar-refractivity contribution in [3.05, 3.63) is 182 Å². The van der Waals surface area contributed by atoms with Crippen LogP contribution >= 0.6 is 0 Å². The van der Waals surface area contributed by atoms with Crippen LogP contribution < -0.4 is 0 Å². The number of hydrogen-bond acceptors (Lipinski definition) is 2. The van der Waals surface area contributed by atoms with Gasteiger partial charge in [0.2, 0.25) is 0 Å². The van der Waals surface area contributed by atoms with Crippen molar-refractivity contribution in [2.45, 2.75) is 0 Å². The minimum Gasteiger partial charge on any atom is -0.245 e. The van der Waals surface area contributed by atoms with E-state index in [-0.39, 0.29) is 0 Å². The molecule has 10 aromatic rings. The smallest absolute Gasteiger partial charge is 0.0978 e. The Hall–Kier alpha value is -6.64. The summed E-state index contributed by atoms with van der Waals surface area (Å²) in [6.07, 6.45) is 0. The highest BCUT2D eigenvalue weighted by Crippen LogP contribution is 2.38. The molecule has 0 saturated heterocycles. The van der Waals surface area contributed by atoms with Gasteiger partial charge in [0.15, 0.2) is 0 Å². The molecule has 2 nitrogen and oxygen atoms in total. The van der Waals surface area contributed by atoms with Crippen LogP contribution in [-0.2, 0) is 0 Å². The molecule has 0 unspecified atom stereocenters. The lowest BCUT2D eigenvalue weighted by atomic mass is 9.95. The van der Waals surface area contributed by atoms with Crippen LogP contribution in [0.15, 0.2) is 182 Å². The summed E-state index contributed by atoms with van der Waals surface area (Å²) in [4.78, 5) is 10.4. The first-order valence-corrected chi connectivity index (χ1v) is 17.1. The van der Waals surface area contributed by atoms with Gasteiger partial charge in [0.05, 0.1) is 22.2 Å². The number of rotatable bonds is 4. The quantitative estimate of drug-likeness (QED) is 0.142. The third kappa shape index (κ3) is 4.81. The SMILES string of the molecule is c1ccc(-c2c3ccccc3nc3c2ccc2ccc(-c4ccc(-c5ccc6cc(-c7ccc8ccccc8c7)ccc6c5)cc4)nc23)cc1. The first-order valence-electron chi connectivity index (χ1n) is 17.1. The van der Waals surface area contributed by atoms with Crippen molar-refractivity contribution < 1.29 is 0 Å². The molecule has 0 spiro atoms. The van der Waals surface area contributed by atoms with Crippen molar-refractivity contribution in [1.29, 1.82) is 0 Å². The first-order chi connectivity index (χ1) is 24.7. The van der Waals surface area contributed by atoms with Gasteiger partial charge < -0.3 is 0 Å². The fraction of sp³-hybridized carbons (Fsp3) is 0. The standard InChI is InChI=1S/C48H30N2/c1-2-9-34(10-3-1)46-42-12-6-7-13-45(42)50-48-43(46)26-24-35-25-27-44(49-47(35)48)33-17-14-32(15-18-33)37-20-21-40-30-41(23-22-39(40)29-37)38-19-16-31-8-4-5-11-36(31)28-38/h1-30H. The highest BCUT2D eigenvalue weighted by Gasteiger charge is 2.15. The second-order valence-electron chi connectivity index (χ2n) is 13.0. The monoisotopic (exact) mass is 634 g/mol. The van der Waals surface area contributed by atoms with Crippen molar-refractivity contribution in [2.24, 2.45) is 0 Å². The van der Waals surface area contributed by atoms with E-state index in [1.54, 1.807) is 0 Å². The van der Waals surface area contributed by atoms with Gasteiger partial charge >= 0.3 is 0 Å². The van der Waals surface area contributed by atoms with Gasteiger partial charge in [0.25, 0.3) is 0 Å². The summed E-state index contributed by atoms with van der Waals surface area (Å²) in [6, 6.07) is 65.2. The molecular weight excluding hydrogens is 605 g/mol. The lowest BCUT2D eigenvalue weighted by Crippen LogP contribution is -1.93. The van der Waals surface area contributed by atoms with Gasteiger partial charge in [-0.05, 0) is 79.7 Å². The van der Waals surface area contributed by atoms with Gasteiger partial charge in [-0.2, -0.15) is 0 Å². The van der Waals surface area contributed by atoms with E-state index in [1.807, 2.05) is 0 Å². The molecule has 0 saturated carbocycles. The molecule has 10 rings (SSSR count). The number of hydrogen-bond donors (Lipinski definition) is 0. The maximum atomic E-state index is 5.25. The molecule has 0 aliphatic heterocycles. The van der Waals surface area contributed by atoms with E-state index in [0.717, 1.165) is 44.0 Å². The molecule has 2 heterocycles. The van der Waals surface area contributed by atoms with Gasteiger partial charge in [0, 0.05) is 27.3 Å². The Morgan fingerprint density at radius 2 is 0.820 bits per heavy atom. The summed E-state index contributed by atoms with van der Waals surface area (Å²) in [5.74, 6) is 0. The Morgan fingerprint density at radius 3 is 1.58 bits per heavy atom. The minimum atomic E-state index is 0.921. The maximum Gasteiger partial charge on any atom is 0.0978 e. The number of nitrogens with zero attached hydrogens (tertiary/aromatic N) is 2. The lowest BCUT2D eigenvalue weighted by molar-refractivity contribution is 1.39. The third-order valence-corrected chi connectivity index (χ3v) is 10.0. The number of pyridine rings is 2. The van der Waals surface area contributed by atoms with E-state index in [0.29, 0.717) is 0 Å². The number of benzene rings is 8. The van der Waals surface area contributed by atoms with Gasteiger partial charge in [0.1, 0.15) is 0 Å². The van der Waals surface area contributed by atoms with E-state index in [1.165, 1.54) is 54.9 Å². The fourth-order valence-electron chi connectivity index (χ4n) is 7.42. The fourth-order valence-corrected chi connectivity index (χ4v) is 7.42. The number of para-hydroxylation sites is 1. The highest BCUT2D eigenvalue weighted by atomic mass is 14.8. The first kappa shape index (κ1) is 28.4. The van der Waals surface area contributed by atoms with Crippen molar-refractivity contribution in [3.63, 3.8) is 0 Å². The van der Waals surface area contributed by atoms with Crippen molar-refractivity contribution in [1.82, 2.24) is 9.97 Å². The molecule has 8 aromatic carbocycles. The van der Waals surface area contributed by atoms with E-state index in [9.17, 15) is 0 Å². The predicted octanol–water partition coefficient (Wildman–Crippen LogP) is 12.9. The molecule has 0 amide bonds. The minimum absolute atomic E-state index is 0.921. The van der Waals surface area contributed by atoms with E-state index in [2.05, 4.69) is 182 Å². The molecule has 232 valence electrons. The van der Waals surface area contributed by atoms with Crippen LogP contribution in [0, 0.1) is 0 Å². The normalized spacial score (nSPS) is 11.6. The molecule has 0 fully saturated rings. The summed E-state index contributed by atoms with van der Waals surface area (Å²) in [5.41, 5.74) is 12.1. The zero-order valence-corrected chi connectivity index (χ0v) is 27.2. The van der Waals surface area contributed by atoms with Crippen molar-refractivity contribution in [2.75, 3.05) is 0 Å². The Labute approximate surface area is 290 Å². The summed E-state index contributed by atoms with van der Waals surface area (Å²) in [7, 11) is 0. The average Bonchev–Trinajstić information content (AvgIpc) is 3.19. The zero-order valence-electron chi connectivity index (χ0n) is 27.2.